The summed E-state index contributed by atoms with van der Waals surface area (Å²) in [6, 6.07) is 7.40. The number of nitrogens with one attached hydrogen (secondary N) is 1. The number of benzene rings is 2. The number of piperazine rings is 1. The Labute approximate surface area is 184 Å². The van der Waals surface area contributed by atoms with Gasteiger partial charge in [-0.1, -0.05) is 30.3 Å². The predicted molar refractivity (Wildman–Crippen MR) is 118 cm³/mol. The highest BCUT2D eigenvalue weighted by atomic mass is 35.5. The number of carbonyl (C=O) groups excluding carboxylic acids is 2. The highest BCUT2D eigenvalue weighted by molar-refractivity contribution is 6.36. The van der Waals surface area contributed by atoms with Gasteiger partial charge in [0.2, 0.25) is 5.91 Å². The molecular formula is C23H21ClN4O3. The number of halogens is 1. The van der Waals surface area contributed by atoms with Crippen molar-refractivity contribution in [3.63, 3.8) is 0 Å². The summed E-state index contributed by atoms with van der Waals surface area (Å²) in [5.41, 5.74) is 4.15. The number of carbonyl (C=O) groups is 2. The molecule has 2 aliphatic rings. The summed E-state index contributed by atoms with van der Waals surface area (Å²) in [7, 11) is 0. The average Bonchev–Trinajstić information content (AvgIpc) is 3.20. The average molecular weight is 437 g/mol. The molecular weight excluding hydrogens is 416 g/mol. The van der Waals surface area contributed by atoms with Crippen LogP contribution < -0.4 is 4.74 Å². The van der Waals surface area contributed by atoms with Gasteiger partial charge in [0.15, 0.2) is 5.75 Å². The van der Waals surface area contributed by atoms with Gasteiger partial charge in [-0.15, -0.1) is 0 Å². The number of rotatable bonds is 2. The van der Waals surface area contributed by atoms with Gasteiger partial charge >= 0.3 is 0 Å². The lowest BCUT2D eigenvalue weighted by molar-refractivity contribution is -0.128. The third kappa shape index (κ3) is 3.08. The molecule has 3 heterocycles. The second-order valence-electron chi connectivity index (χ2n) is 7.84. The van der Waals surface area contributed by atoms with Crippen LogP contribution >= 0.6 is 11.6 Å². The van der Waals surface area contributed by atoms with Crippen LogP contribution in [0, 0.1) is 6.92 Å². The van der Waals surface area contributed by atoms with Gasteiger partial charge in [-0.05, 0) is 36.3 Å². The number of amides is 2. The molecule has 1 aromatic heterocycles. The number of hydrogen-bond acceptors (Lipinski definition) is 4. The number of nitrogens with zero attached hydrogens (tertiary/aromatic N) is 3. The summed E-state index contributed by atoms with van der Waals surface area (Å²) in [5.74, 6) is 0.118. The monoisotopic (exact) mass is 436 g/mol. The number of H-pyrrole nitrogens is 1. The first-order chi connectivity index (χ1) is 15.0. The molecule has 0 spiro atoms. The van der Waals surface area contributed by atoms with Crippen molar-refractivity contribution in [3.8, 4) is 16.9 Å². The smallest absolute Gasteiger partial charge is 0.258 e. The summed E-state index contributed by atoms with van der Waals surface area (Å²) in [6.07, 6.45) is 3.07. The van der Waals surface area contributed by atoms with Crippen molar-refractivity contribution in [1.82, 2.24) is 20.0 Å². The Hall–Kier alpha value is -3.32. The van der Waals surface area contributed by atoms with Crippen molar-refractivity contribution in [2.45, 2.75) is 13.0 Å². The Bertz CT molecular complexity index is 1240. The Kier molecular flexibility index (Phi) is 4.70. The fourth-order valence-corrected chi connectivity index (χ4v) is 4.79. The molecule has 1 unspecified atom stereocenters. The molecule has 1 saturated heterocycles. The minimum atomic E-state index is -0.240. The molecule has 7 nitrogen and oxygen atoms in total. The number of hydrogen-bond donors (Lipinski definition) is 1. The SMILES string of the molecule is C=CC(=O)N1CCN2C(=O)c3ccc(-c4c(C)ccc5[nH]ncc45)c(Cl)c3OCC2C1. The summed E-state index contributed by atoms with van der Waals surface area (Å²) in [4.78, 5) is 28.8. The molecule has 8 heteroatoms. The highest BCUT2D eigenvalue weighted by Gasteiger charge is 2.37. The molecule has 0 saturated carbocycles. The van der Waals surface area contributed by atoms with E-state index in [0.29, 0.717) is 36.0 Å². The molecule has 1 fully saturated rings. The molecule has 3 aromatic rings. The summed E-state index contributed by atoms with van der Waals surface area (Å²) >= 11 is 6.83. The molecule has 0 aliphatic carbocycles. The quantitative estimate of drug-likeness (QED) is 0.624. The topological polar surface area (TPSA) is 78.5 Å². The number of aromatic amines is 1. The lowest BCUT2D eigenvalue weighted by Gasteiger charge is -2.39. The fourth-order valence-electron chi connectivity index (χ4n) is 4.47. The first kappa shape index (κ1) is 19.6. The zero-order chi connectivity index (χ0) is 21.7. The van der Waals surface area contributed by atoms with Crippen LogP contribution in [0.5, 0.6) is 5.75 Å². The van der Waals surface area contributed by atoms with Crippen LogP contribution in [-0.4, -0.2) is 64.1 Å². The summed E-state index contributed by atoms with van der Waals surface area (Å²) in [5, 5.41) is 8.49. The van der Waals surface area contributed by atoms with Crippen LogP contribution in [0.1, 0.15) is 15.9 Å². The Morgan fingerprint density at radius 3 is 2.90 bits per heavy atom. The maximum Gasteiger partial charge on any atom is 0.258 e. The van der Waals surface area contributed by atoms with Gasteiger partial charge in [0.25, 0.3) is 5.91 Å². The highest BCUT2D eigenvalue weighted by Crippen LogP contribution is 2.43. The van der Waals surface area contributed by atoms with Crippen LogP contribution in [0.4, 0.5) is 0 Å². The molecule has 1 atom stereocenters. The molecule has 158 valence electrons. The van der Waals surface area contributed by atoms with Crippen LogP contribution in [0.2, 0.25) is 5.02 Å². The normalized spacial score (nSPS) is 18.3. The van der Waals surface area contributed by atoms with E-state index in [4.69, 9.17) is 16.3 Å². The molecule has 2 amide bonds. The molecule has 2 aromatic carbocycles. The molecule has 0 bridgehead atoms. The van der Waals surface area contributed by atoms with Gasteiger partial charge in [-0.2, -0.15) is 5.10 Å². The van der Waals surface area contributed by atoms with E-state index in [1.54, 1.807) is 22.1 Å². The van der Waals surface area contributed by atoms with Gasteiger partial charge in [-0.25, -0.2) is 0 Å². The largest absolute Gasteiger partial charge is 0.489 e. The van der Waals surface area contributed by atoms with E-state index in [1.807, 2.05) is 25.1 Å². The molecule has 1 N–H and O–H groups in total. The van der Waals surface area contributed by atoms with Crippen LogP contribution in [-0.2, 0) is 4.79 Å². The first-order valence-electron chi connectivity index (χ1n) is 10.1. The third-order valence-corrected chi connectivity index (χ3v) is 6.45. The van der Waals surface area contributed by atoms with Crippen LogP contribution in [0.25, 0.3) is 22.0 Å². The second kappa shape index (κ2) is 7.42. The molecule has 0 radical (unpaired) electrons. The number of aromatic nitrogens is 2. The lowest BCUT2D eigenvalue weighted by atomic mass is 9.95. The van der Waals surface area contributed by atoms with E-state index in [1.165, 1.54) is 6.08 Å². The van der Waals surface area contributed by atoms with Crippen molar-refractivity contribution in [2.75, 3.05) is 26.2 Å². The van der Waals surface area contributed by atoms with Gasteiger partial charge in [0, 0.05) is 30.6 Å². The van der Waals surface area contributed by atoms with Crippen molar-refractivity contribution < 1.29 is 14.3 Å². The Morgan fingerprint density at radius 1 is 1.29 bits per heavy atom. The minimum Gasteiger partial charge on any atom is -0.489 e. The zero-order valence-electron chi connectivity index (χ0n) is 17.0. The lowest BCUT2D eigenvalue weighted by Crippen LogP contribution is -2.57. The van der Waals surface area contributed by atoms with E-state index < -0.39 is 0 Å². The van der Waals surface area contributed by atoms with E-state index in [-0.39, 0.29) is 24.5 Å². The third-order valence-electron chi connectivity index (χ3n) is 6.08. The fraction of sp³-hybridized carbons (Fsp3) is 0.261. The van der Waals surface area contributed by atoms with Crippen LogP contribution in [0.3, 0.4) is 0 Å². The standard InChI is InChI=1S/C23H21ClN4O3/c1-3-19(29)27-8-9-28-14(11-27)12-31-22-16(23(28)30)6-5-15(21(22)24)20-13(2)4-7-18-17(20)10-25-26-18/h3-7,10,14H,1,8-9,11-12H2,2H3,(H,25,26). The first-order valence-corrected chi connectivity index (χ1v) is 10.5. The summed E-state index contributed by atoms with van der Waals surface area (Å²) in [6.45, 7) is 7.15. The van der Waals surface area contributed by atoms with Crippen molar-refractivity contribution in [1.29, 1.82) is 0 Å². The molecule has 5 rings (SSSR count). The Morgan fingerprint density at radius 2 is 2.10 bits per heavy atom. The maximum absolute atomic E-state index is 13.3. The van der Waals surface area contributed by atoms with E-state index in [2.05, 4.69) is 16.8 Å². The van der Waals surface area contributed by atoms with Gasteiger partial charge < -0.3 is 14.5 Å². The Balaban J connectivity index is 1.56. The van der Waals surface area contributed by atoms with E-state index >= 15 is 0 Å². The van der Waals surface area contributed by atoms with Gasteiger partial charge in [-0.3, -0.25) is 14.7 Å². The molecule has 31 heavy (non-hydrogen) atoms. The zero-order valence-corrected chi connectivity index (χ0v) is 17.8. The second-order valence-corrected chi connectivity index (χ2v) is 8.22. The molecule has 2 aliphatic heterocycles. The van der Waals surface area contributed by atoms with Gasteiger partial charge in [0.05, 0.1) is 28.3 Å². The van der Waals surface area contributed by atoms with E-state index in [0.717, 1.165) is 27.6 Å². The predicted octanol–water partition coefficient (Wildman–Crippen LogP) is 3.42. The maximum atomic E-state index is 13.3. The number of fused-ring (bicyclic) bond motifs is 3. The van der Waals surface area contributed by atoms with E-state index in [9.17, 15) is 9.59 Å². The minimum absolute atomic E-state index is 0.130. The van der Waals surface area contributed by atoms with Crippen molar-refractivity contribution >= 4 is 34.3 Å². The van der Waals surface area contributed by atoms with Crippen molar-refractivity contribution in [3.05, 3.63) is 59.3 Å². The number of ether oxygens (including phenoxy) is 1. The number of aryl methyl sites for hydroxylation is 1. The van der Waals surface area contributed by atoms with Crippen molar-refractivity contribution in [2.24, 2.45) is 0 Å². The summed E-state index contributed by atoms with van der Waals surface area (Å²) < 4.78 is 6.09. The van der Waals surface area contributed by atoms with Gasteiger partial charge in [0.1, 0.15) is 6.61 Å². The van der Waals surface area contributed by atoms with Crippen LogP contribution in [0.15, 0.2) is 43.1 Å².